The van der Waals surface area contributed by atoms with Crippen molar-refractivity contribution in [2.24, 2.45) is 5.92 Å². The van der Waals surface area contributed by atoms with Gasteiger partial charge in [0.25, 0.3) is 0 Å². The Kier molecular flexibility index (Phi) is 5.29. The highest BCUT2D eigenvalue weighted by Crippen LogP contribution is 2.29. The topological polar surface area (TPSA) is 78.4 Å². The van der Waals surface area contributed by atoms with E-state index in [9.17, 15) is 9.59 Å². The maximum absolute atomic E-state index is 12.2. The normalized spacial score (nSPS) is 21.5. The average Bonchev–Trinajstić information content (AvgIpc) is 2.47. The number of hydrogen-bond acceptors (Lipinski definition) is 2. The number of nitrogens with one attached hydrogen (secondary N) is 2. The van der Waals surface area contributed by atoms with E-state index >= 15 is 0 Å². The van der Waals surface area contributed by atoms with Gasteiger partial charge in [-0.3, -0.25) is 4.79 Å². The molecule has 0 atom stereocenters. The Hall–Kier alpha value is -2.04. The van der Waals surface area contributed by atoms with Crippen LogP contribution in [0.4, 0.5) is 10.5 Å². The Bertz CT molecular complexity index is 570. The summed E-state index contributed by atoms with van der Waals surface area (Å²) in [5.41, 5.74) is 1.85. The molecule has 2 amide bonds. The fourth-order valence-corrected chi connectivity index (χ4v) is 3.07. The SMILES string of the molecule is CC(C)(C)c1ccccc1NC(=O)NC1CCC(C(=O)O)CC1. The van der Waals surface area contributed by atoms with Gasteiger partial charge in [-0.15, -0.1) is 0 Å². The Morgan fingerprint density at radius 2 is 1.70 bits per heavy atom. The lowest BCUT2D eigenvalue weighted by Gasteiger charge is -2.27. The molecule has 0 bridgehead atoms. The van der Waals surface area contributed by atoms with Crippen LogP contribution in [0.25, 0.3) is 0 Å². The second-order valence-electron chi connectivity index (χ2n) is 7.28. The number of para-hydroxylation sites is 1. The highest BCUT2D eigenvalue weighted by atomic mass is 16.4. The van der Waals surface area contributed by atoms with E-state index in [4.69, 9.17) is 5.11 Å². The molecule has 126 valence electrons. The van der Waals surface area contributed by atoms with Crippen LogP contribution in [-0.4, -0.2) is 23.1 Å². The summed E-state index contributed by atoms with van der Waals surface area (Å²) in [6.45, 7) is 6.33. The molecule has 1 saturated carbocycles. The lowest BCUT2D eigenvalue weighted by atomic mass is 9.85. The van der Waals surface area contributed by atoms with Crippen molar-refractivity contribution in [3.05, 3.63) is 29.8 Å². The first-order valence-electron chi connectivity index (χ1n) is 8.17. The zero-order valence-electron chi connectivity index (χ0n) is 14.1. The molecule has 0 heterocycles. The van der Waals surface area contributed by atoms with Gasteiger partial charge < -0.3 is 15.7 Å². The molecule has 3 N–H and O–H groups in total. The second kappa shape index (κ2) is 7.02. The average molecular weight is 318 g/mol. The molecule has 1 fully saturated rings. The molecule has 0 spiro atoms. The van der Waals surface area contributed by atoms with E-state index < -0.39 is 5.97 Å². The number of carbonyl (C=O) groups is 2. The molecule has 2 rings (SSSR count). The van der Waals surface area contributed by atoms with Gasteiger partial charge in [-0.1, -0.05) is 39.0 Å². The van der Waals surface area contributed by atoms with Crippen LogP contribution in [0.3, 0.4) is 0 Å². The summed E-state index contributed by atoms with van der Waals surface area (Å²) in [7, 11) is 0. The summed E-state index contributed by atoms with van der Waals surface area (Å²) in [5, 5.41) is 14.9. The second-order valence-corrected chi connectivity index (χ2v) is 7.28. The van der Waals surface area contributed by atoms with Crippen LogP contribution < -0.4 is 10.6 Å². The van der Waals surface area contributed by atoms with Crippen LogP contribution in [0.5, 0.6) is 0 Å². The number of rotatable bonds is 3. The number of benzene rings is 1. The summed E-state index contributed by atoms with van der Waals surface area (Å²) >= 11 is 0. The van der Waals surface area contributed by atoms with Gasteiger partial charge in [0, 0.05) is 11.7 Å². The fourth-order valence-electron chi connectivity index (χ4n) is 3.07. The van der Waals surface area contributed by atoms with Crippen molar-refractivity contribution >= 4 is 17.7 Å². The van der Waals surface area contributed by atoms with Crippen LogP contribution in [0.2, 0.25) is 0 Å². The predicted octanol–water partition coefficient (Wildman–Crippen LogP) is 3.75. The van der Waals surface area contributed by atoms with Crippen molar-refractivity contribution in [3.63, 3.8) is 0 Å². The minimum absolute atomic E-state index is 0.0485. The monoisotopic (exact) mass is 318 g/mol. The Morgan fingerprint density at radius 1 is 1.09 bits per heavy atom. The van der Waals surface area contributed by atoms with Crippen molar-refractivity contribution in [3.8, 4) is 0 Å². The quantitative estimate of drug-likeness (QED) is 0.794. The number of carboxylic acids is 1. The fraction of sp³-hybridized carbons (Fsp3) is 0.556. The number of carboxylic acid groups (broad SMARTS) is 1. The summed E-state index contributed by atoms with van der Waals surface area (Å²) in [6, 6.07) is 7.63. The number of urea groups is 1. The van der Waals surface area contributed by atoms with Gasteiger partial charge in [0.1, 0.15) is 0 Å². The summed E-state index contributed by atoms with van der Waals surface area (Å²) in [4.78, 5) is 23.2. The molecular weight excluding hydrogens is 292 g/mol. The number of hydrogen-bond donors (Lipinski definition) is 3. The third kappa shape index (κ3) is 4.71. The van der Waals surface area contributed by atoms with Gasteiger partial charge in [-0.05, 0) is 42.7 Å². The minimum Gasteiger partial charge on any atom is -0.481 e. The first kappa shape index (κ1) is 17.3. The van der Waals surface area contributed by atoms with Crippen LogP contribution in [0.1, 0.15) is 52.0 Å². The summed E-state index contributed by atoms with van der Waals surface area (Å²) in [5.74, 6) is -0.996. The molecule has 1 aromatic rings. The zero-order chi connectivity index (χ0) is 17.0. The van der Waals surface area contributed by atoms with Crippen LogP contribution >= 0.6 is 0 Å². The van der Waals surface area contributed by atoms with Gasteiger partial charge in [-0.25, -0.2) is 4.79 Å². The Balaban J connectivity index is 1.93. The standard InChI is InChI=1S/C18H26N2O3/c1-18(2,3)14-6-4-5-7-15(14)20-17(23)19-13-10-8-12(9-11-13)16(21)22/h4-7,12-13H,8-11H2,1-3H3,(H,21,22)(H2,19,20,23). The van der Waals surface area contributed by atoms with Gasteiger partial charge in [0.15, 0.2) is 0 Å². The van der Waals surface area contributed by atoms with E-state index in [2.05, 4.69) is 31.4 Å². The molecule has 1 aromatic carbocycles. The molecule has 5 nitrogen and oxygen atoms in total. The van der Waals surface area contributed by atoms with E-state index in [-0.39, 0.29) is 23.4 Å². The van der Waals surface area contributed by atoms with Crippen molar-refractivity contribution in [2.75, 3.05) is 5.32 Å². The number of anilines is 1. The lowest BCUT2D eigenvalue weighted by Crippen LogP contribution is -2.41. The van der Waals surface area contributed by atoms with Crippen LogP contribution in [0.15, 0.2) is 24.3 Å². The molecule has 0 radical (unpaired) electrons. The maximum atomic E-state index is 12.2. The molecule has 1 aliphatic rings. The largest absolute Gasteiger partial charge is 0.481 e. The first-order chi connectivity index (χ1) is 10.8. The molecule has 5 heteroatoms. The van der Waals surface area contributed by atoms with E-state index in [1.54, 1.807) is 0 Å². The Labute approximate surface area is 137 Å². The molecule has 0 unspecified atom stereocenters. The van der Waals surface area contributed by atoms with E-state index in [0.717, 1.165) is 11.3 Å². The third-order valence-electron chi connectivity index (χ3n) is 4.39. The van der Waals surface area contributed by atoms with Gasteiger partial charge in [0.2, 0.25) is 0 Å². The van der Waals surface area contributed by atoms with E-state index in [0.29, 0.717) is 25.7 Å². The van der Waals surface area contributed by atoms with Gasteiger partial charge in [-0.2, -0.15) is 0 Å². The van der Waals surface area contributed by atoms with Gasteiger partial charge in [0.05, 0.1) is 5.92 Å². The molecule has 23 heavy (non-hydrogen) atoms. The van der Waals surface area contributed by atoms with E-state index in [1.807, 2.05) is 24.3 Å². The van der Waals surface area contributed by atoms with Crippen LogP contribution in [-0.2, 0) is 10.2 Å². The minimum atomic E-state index is -0.730. The zero-order valence-corrected chi connectivity index (χ0v) is 14.1. The highest BCUT2D eigenvalue weighted by Gasteiger charge is 2.27. The molecule has 0 saturated heterocycles. The van der Waals surface area contributed by atoms with Crippen molar-refractivity contribution in [2.45, 2.75) is 57.9 Å². The van der Waals surface area contributed by atoms with Crippen molar-refractivity contribution < 1.29 is 14.7 Å². The van der Waals surface area contributed by atoms with Crippen molar-refractivity contribution in [1.82, 2.24) is 5.32 Å². The number of carbonyl (C=O) groups excluding carboxylic acids is 1. The maximum Gasteiger partial charge on any atom is 0.319 e. The highest BCUT2D eigenvalue weighted by molar-refractivity contribution is 5.90. The molecule has 0 aromatic heterocycles. The summed E-state index contributed by atoms with van der Waals surface area (Å²) < 4.78 is 0. The first-order valence-corrected chi connectivity index (χ1v) is 8.17. The molecular formula is C18H26N2O3. The molecule has 0 aliphatic heterocycles. The van der Waals surface area contributed by atoms with Gasteiger partial charge >= 0.3 is 12.0 Å². The van der Waals surface area contributed by atoms with Crippen molar-refractivity contribution in [1.29, 1.82) is 0 Å². The smallest absolute Gasteiger partial charge is 0.319 e. The van der Waals surface area contributed by atoms with Crippen LogP contribution in [0, 0.1) is 5.92 Å². The lowest BCUT2D eigenvalue weighted by molar-refractivity contribution is -0.142. The predicted molar refractivity (Wildman–Crippen MR) is 90.7 cm³/mol. The Morgan fingerprint density at radius 3 is 2.26 bits per heavy atom. The number of aliphatic carboxylic acids is 1. The van der Waals surface area contributed by atoms with E-state index in [1.165, 1.54) is 0 Å². The third-order valence-corrected chi connectivity index (χ3v) is 4.39. The molecule has 1 aliphatic carbocycles. The summed E-state index contributed by atoms with van der Waals surface area (Å²) in [6.07, 6.45) is 2.67. The number of amides is 2.